The van der Waals surface area contributed by atoms with Crippen LogP contribution in [-0.4, -0.2) is 32.3 Å². The first-order valence-electron chi connectivity index (χ1n) is 10.1. The van der Waals surface area contributed by atoms with Gasteiger partial charge in [0.15, 0.2) is 0 Å². The summed E-state index contributed by atoms with van der Waals surface area (Å²) in [6, 6.07) is 11.1. The fraction of sp³-hybridized carbons (Fsp3) is 0.409. The summed E-state index contributed by atoms with van der Waals surface area (Å²) in [6.45, 7) is 1.61. The van der Waals surface area contributed by atoms with E-state index in [1.54, 1.807) is 24.3 Å². The van der Waals surface area contributed by atoms with Gasteiger partial charge in [-0.3, -0.25) is 9.52 Å². The topological polar surface area (TPSA) is 66.5 Å². The maximum Gasteiger partial charge on any atom is 0.261 e. The van der Waals surface area contributed by atoms with Crippen LogP contribution in [0.2, 0.25) is 0 Å². The Morgan fingerprint density at radius 2 is 1.59 bits per heavy atom. The molecule has 154 valence electrons. The third-order valence-electron chi connectivity index (χ3n) is 6.09. The van der Waals surface area contributed by atoms with Crippen LogP contribution in [0.15, 0.2) is 53.4 Å². The van der Waals surface area contributed by atoms with Crippen molar-refractivity contribution >= 4 is 21.6 Å². The minimum absolute atomic E-state index is 0.00182. The molecule has 0 radical (unpaired) electrons. The number of carbonyl (C=O) groups excluding carboxylic acids is 1. The molecular weight excluding hydrogens is 391 g/mol. The van der Waals surface area contributed by atoms with Gasteiger partial charge in [-0.2, -0.15) is 0 Å². The van der Waals surface area contributed by atoms with E-state index in [9.17, 15) is 17.6 Å². The van der Waals surface area contributed by atoms with E-state index in [1.807, 2.05) is 4.90 Å². The van der Waals surface area contributed by atoms with Gasteiger partial charge in [0.1, 0.15) is 5.82 Å². The zero-order valence-electron chi connectivity index (χ0n) is 16.2. The van der Waals surface area contributed by atoms with E-state index < -0.39 is 15.8 Å². The number of amides is 1. The molecule has 1 aliphatic heterocycles. The number of hydrogen-bond acceptors (Lipinski definition) is 3. The second kappa shape index (κ2) is 8.14. The molecule has 1 saturated heterocycles. The summed E-state index contributed by atoms with van der Waals surface area (Å²) >= 11 is 0. The van der Waals surface area contributed by atoms with Crippen LogP contribution in [-0.2, 0) is 10.0 Å². The van der Waals surface area contributed by atoms with Crippen LogP contribution in [0, 0.1) is 17.7 Å². The van der Waals surface area contributed by atoms with Gasteiger partial charge in [0.2, 0.25) is 0 Å². The van der Waals surface area contributed by atoms with Gasteiger partial charge in [-0.15, -0.1) is 0 Å². The summed E-state index contributed by atoms with van der Waals surface area (Å²) in [5.74, 6) is 0.880. The van der Waals surface area contributed by atoms with Crippen molar-refractivity contribution in [3.63, 3.8) is 0 Å². The van der Waals surface area contributed by atoms with Gasteiger partial charge in [-0.25, -0.2) is 12.8 Å². The molecule has 0 spiro atoms. The number of nitrogens with one attached hydrogen (secondary N) is 1. The number of carbonyl (C=O) groups is 1. The molecule has 2 aliphatic rings. The lowest BCUT2D eigenvalue weighted by Gasteiger charge is -2.41. The summed E-state index contributed by atoms with van der Waals surface area (Å²) in [7, 11) is -3.81. The van der Waals surface area contributed by atoms with E-state index >= 15 is 0 Å². The van der Waals surface area contributed by atoms with Crippen molar-refractivity contribution in [2.75, 3.05) is 17.8 Å². The molecule has 4 rings (SSSR count). The highest BCUT2D eigenvalue weighted by Crippen LogP contribution is 2.36. The molecule has 1 amide bonds. The lowest BCUT2D eigenvalue weighted by atomic mass is 9.75. The number of piperidine rings is 1. The highest BCUT2D eigenvalue weighted by Gasteiger charge is 2.33. The molecule has 2 aromatic carbocycles. The first-order chi connectivity index (χ1) is 13.9. The number of halogens is 1. The molecule has 2 atom stereocenters. The van der Waals surface area contributed by atoms with Crippen molar-refractivity contribution in [2.45, 2.75) is 37.0 Å². The van der Waals surface area contributed by atoms with E-state index in [1.165, 1.54) is 37.8 Å². The number of sulfonamides is 1. The molecule has 29 heavy (non-hydrogen) atoms. The zero-order valence-corrected chi connectivity index (χ0v) is 17.0. The number of benzene rings is 2. The molecule has 1 aliphatic carbocycles. The summed E-state index contributed by atoms with van der Waals surface area (Å²) in [4.78, 5) is 14.8. The van der Waals surface area contributed by atoms with Crippen molar-refractivity contribution in [1.82, 2.24) is 4.90 Å². The number of nitrogens with zero attached hydrogens (tertiary/aromatic N) is 1. The van der Waals surface area contributed by atoms with E-state index in [-0.39, 0.29) is 10.8 Å². The maximum atomic E-state index is 13.0. The highest BCUT2D eigenvalue weighted by molar-refractivity contribution is 7.92. The van der Waals surface area contributed by atoms with Gasteiger partial charge >= 0.3 is 0 Å². The van der Waals surface area contributed by atoms with Gasteiger partial charge in [0.25, 0.3) is 15.9 Å². The normalized spacial score (nSPS) is 22.0. The number of fused-ring (bicyclic) bond motifs is 1. The van der Waals surface area contributed by atoms with Crippen LogP contribution < -0.4 is 4.72 Å². The van der Waals surface area contributed by atoms with Crippen molar-refractivity contribution in [3.8, 4) is 0 Å². The van der Waals surface area contributed by atoms with E-state index in [0.29, 0.717) is 17.2 Å². The molecular formula is C22H25FN2O3S. The molecule has 5 nitrogen and oxygen atoms in total. The fourth-order valence-corrected chi connectivity index (χ4v) is 5.54. The molecule has 2 fully saturated rings. The monoisotopic (exact) mass is 416 g/mol. The van der Waals surface area contributed by atoms with Crippen LogP contribution in [0.4, 0.5) is 10.1 Å². The Morgan fingerprint density at radius 3 is 2.28 bits per heavy atom. The Hall–Kier alpha value is -2.41. The average Bonchev–Trinajstić information content (AvgIpc) is 2.73. The minimum atomic E-state index is -3.81. The van der Waals surface area contributed by atoms with Gasteiger partial charge in [-0.1, -0.05) is 19.3 Å². The maximum absolute atomic E-state index is 13.0. The number of hydrogen-bond donors (Lipinski definition) is 1. The van der Waals surface area contributed by atoms with Crippen molar-refractivity contribution in [2.24, 2.45) is 11.8 Å². The van der Waals surface area contributed by atoms with Crippen LogP contribution in [0.25, 0.3) is 0 Å². The van der Waals surface area contributed by atoms with Crippen molar-refractivity contribution in [1.29, 1.82) is 0 Å². The van der Waals surface area contributed by atoms with Gasteiger partial charge in [-0.05, 0) is 73.2 Å². The van der Waals surface area contributed by atoms with Crippen LogP contribution >= 0.6 is 0 Å². The third kappa shape index (κ3) is 4.45. The lowest BCUT2D eigenvalue weighted by molar-refractivity contribution is 0.0521. The average molecular weight is 417 g/mol. The minimum Gasteiger partial charge on any atom is -0.338 e. The molecule has 7 heteroatoms. The van der Waals surface area contributed by atoms with E-state index in [4.69, 9.17) is 0 Å². The Morgan fingerprint density at radius 1 is 0.931 bits per heavy atom. The molecule has 2 aromatic rings. The predicted octanol–water partition coefficient (Wildman–Crippen LogP) is 4.28. The Balaban J connectivity index is 1.42. The standard InChI is InChI=1S/C22H25FN2O3S/c23-19-7-11-21(12-8-19)29(27,28)24-20-9-5-17(6-10-20)22(26)25-14-13-16-3-1-2-4-18(16)15-25/h5-12,16,18,24H,1-4,13-15H2/t16-,18+/m1/s1. The largest absolute Gasteiger partial charge is 0.338 e. The highest BCUT2D eigenvalue weighted by atomic mass is 32.2. The Kier molecular flexibility index (Phi) is 5.58. The summed E-state index contributed by atoms with van der Waals surface area (Å²) in [6.07, 6.45) is 6.14. The number of anilines is 1. The van der Waals surface area contributed by atoms with E-state index in [0.717, 1.165) is 37.6 Å². The third-order valence-corrected chi connectivity index (χ3v) is 7.48. The molecule has 0 unspecified atom stereocenters. The number of rotatable bonds is 4. The predicted molar refractivity (Wildman–Crippen MR) is 110 cm³/mol. The van der Waals surface area contributed by atoms with Crippen molar-refractivity contribution in [3.05, 3.63) is 59.9 Å². The molecule has 1 N–H and O–H groups in total. The Bertz CT molecular complexity index is 974. The zero-order chi connectivity index (χ0) is 20.4. The van der Waals surface area contributed by atoms with Crippen LogP contribution in [0.1, 0.15) is 42.5 Å². The van der Waals surface area contributed by atoms with Crippen LogP contribution in [0.3, 0.4) is 0 Å². The number of likely N-dealkylation sites (tertiary alicyclic amines) is 1. The second-order valence-electron chi connectivity index (χ2n) is 7.98. The van der Waals surface area contributed by atoms with Crippen molar-refractivity contribution < 1.29 is 17.6 Å². The quantitative estimate of drug-likeness (QED) is 0.809. The van der Waals surface area contributed by atoms with Crippen LogP contribution in [0.5, 0.6) is 0 Å². The first kappa shape index (κ1) is 19.9. The first-order valence-corrected chi connectivity index (χ1v) is 11.6. The fourth-order valence-electron chi connectivity index (χ4n) is 4.48. The molecule has 0 aromatic heterocycles. The Labute approximate surface area is 171 Å². The summed E-state index contributed by atoms with van der Waals surface area (Å²) < 4.78 is 40.3. The smallest absolute Gasteiger partial charge is 0.261 e. The lowest BCUT2D eigenvalue weighted by Crippen LogP contribution is -2.44. The summed E-state index contributed by atoms with van der Waals surface area (Å²) in [5.41, 5.74) is 0.917. The van der Waals surface area contributed by atoms with Gasteiger partial charge in [0.05, 0.1) is 4.90 Å². The van der Waals surface area contributed by atoms with Gasteiger partial charge in [0, 0.05) is 24.3 Å². The SMILES string of the molecule is O=C(c1ccc(NS(=O)(=O)c2ccc(F)cc2)cc1)N1CC[C@H]2CCCC[C@H]2C1. The molecule has 1 saturated carbocycles. The molecule has 0 bridgehead atoms. The summed E-state index contributed by atoms with van der Waals surface area (Å²) in [5, 5.41) is 0. The van der Waals surface area contributed by atoms with E-state index in [2.05, 4.69) is 4.72 Å². The van der Waals surface area contributed by atoms with Gasteiger partial charge < -0.3 is 4.90 Å². The molecule has 1 heterocycles. The second-order valence-corrected chi connectivity index (χ2v) is 9.66.